The molecular formula is C17H26N2O2. The number of hydrogen-bond donors (Lipinski definition) is 2. The first-order valence-electron chi connectivity index (χ1n) is 7.99. The minimum atomic E-state index is 0.108. The molecule has 0 spiro atoms. The number of hydrogen-bond acceptors (Lipinski definition) is 3. The van der Waals surface area contributed by atoms with E-state index in [1.165, 1.54) is 0 Å². The number of amides is 1. The van der Waals surface area contributed by atoms with Gasteiger partial charge in [-0.2, -0.15) is 0 Å². The largest absolute Gasteiger partial charge is 0.396 e. The lowest BCUT2D eigenvalue weighted by molar-refractivity contribution is 0.0654. The summed E-state index contributed by atoms with van der Waals surface area (Å²) in [5.41, 5.74) is 1.68. The number of nitrogens with one attached hydrogen (secondary N) is 1. The molecule has 0 bridgehead atoms. The minimum Gasteiger partial charge on any atom is -0.396 e. The minimum absolute atomic E-state index is 0.108. The van der Waals surface area contributed by atoms with Gasteiger partial charge in [0.15, 0.2) is 0 Å². The smallest absolute Gasteiger partial charge is 0.255 e. The number of carbonyl (C=O) groups excluding carboxylic acids is 1. The number of aliphatic hydroxyl groups excluding tert-OH is 1. The Morgan fingerprint density at radius 2 is 2.24 bits per heavy atom. The van der Waals surface area contributed by atoms with Gasteiger partial charge in [0.05, 0.1) is 5.56 Å². The Balaban J connectivity index is 2.08. The number of rotatable bonds is 6. The molecule has 2 N–H and O–H groups in total. The van der Waals surface area contributed by atoms with Crippen molar-refractivity contribution in [3.8, 4) is 0 Å². The topological polar surface area (TPSA) is 52.6 Å². The number of para-hydroxylation sites is 1. The van der Waals surface area contributed by atoms with Crippen molar-refractivity contribution in [3.05, 3.63) is 29.8 Å². The third-order valence-corrected chi connectivity index (χ3v) is 4.07. The summed E-state index contributed by atoms with van der Waals surface area (Å²) < 4.78 is 0. The van der Waals surface area contributed by atoms with E-state index in [1.54, 1.807) is 0 Å². The number of carbonyl (C=O) groups is 1. The summed E-state index contributed by atoms with van der Waals surface area (Å²) in [4.78, 5) is 14.7. The molecule has 4 nitrogen and oxygen atoms in total. The Kier molecular flexibility index (Phi) is 6.05. The van der Waals surface area contributed by atoms with Gasteiger partial charge in [0, 0.05) is 31.9 Å². The van der Waals surface area contributed by atoms with Gasteiger partial charge in [-0.05, 0) is 43.7 Å². The molecule has 1 aliphatic rings. The molecule has 0 radical (unpaired) electrons. The Labute approximate surface area is 127 Å². The van der Waals surface area contributed by atoms with Gasteiger partial charge in [0.1, 0.15) is 0 Å². The van der Waals surface area contributed by atoms with Crippen LogP contribution in [0.3, 0.4) is 0 Å². The average molecular weight is 290 g/mol. The molecule has 1 saturated heterocycles. The maximum absolute atomic E-state index is 12.8. The number of anilines is 1. The summed E-state index contributed by atoms with van der Waals surface area (Å²) in [5, 5.41) is 12.4. The molecule has 1 atom stereocenters. The number of piperidine rings is 1. The van der Waals surface area contributed by atoms with Crippen molar-refractivity contribution in [1.29, 1.82) is 0 Å². The van der Waals surface area contributed by atoms with Crippen LogP contribution in [0.1, 0.15) is 43.0 Å². The van der Waals surface area contributed by atoms with Crippen LogP contribution >= 0.6 is 0 Å². The average Bonchev–Trinajstić information content (AvgIpc) is 2.53. The summed E-state index contributed by atoms with van der Waals surface area (Å²) in [6, 6.07) is 7.74. The van der Waals surface area contributed by atoms with Crippen LogP contribution in [0.15, 0.2) is 24.3 Å². The molecule has 1 unspecified atom stereocenters. The first-order valence-corrected chi connectivity index (χ1v) is 7.99. The molecule has 0 aromatic heterocycles. The first-order chi connectivity index (χ1) is 10.3. The van der Waals surface area contributed by atoms with E-state index in [0.29, 0.717) is 5.92 Å². The molecule has 1 aromatic rings. The maximum atomic E-state index is 12.8. The normalized spacial score (nSPS) is 18.6. The molecule has 1 aromatic carbocycles. The Morgan fingerprint density at radius 1 is 1.43 bits per heavy atom. The third kappa shape index (κ3) is 4.21. The summed E-state index contributed by atoms with van der Waals surface area (Å²) in [5.74, 6) is 0.542. The standard InChI is InChI=1S/C17H26N2O2/c1-2-10-18-16-8-4-3-7-15(16)17(21)19-11-5-6-14(13-19)9-12-20/h3-4,7-8,14,18,20H,2,5-6,9-13H2,1H3. The Morgan fingerprint density at radius 3 is 3.00 bits per heavy atom. The summed E-state index contributed by atoms with van der Waals surface area (Å²) in [7, 11) is 0. The first kappa shape index (κ1) is 15.8. The molecule has 0 saturated carbocycles. The second-order valence-corrected chi connectivity index (χ2v) is 5.74. The number of likely N-dealkylation sites (tertiary alicyclic amines) is 1. The lowest BCUT2D eigenvalue weighted by Crippen LogP contribution is -2.40. The van der Waals surface area contributed by atoms with Gasteiger partial charge in [-0.3, -0.25) is 4.79 Å². The van der Waals surface area contributed by atoms with Crippen molar-refractivity contribution >= 4 is 11.6 Å². The fourth-order valence-electron chi connectivity index (χ4n) is 2.92. The Hall–Kier alpha value is -1.55. The van der Waals surface area contributed by atoms with Crippen LogP contribution < -0.4 is 5.32 Å². The van der Waals surface area contributed by atoms with Gasteiger partial charge in [-0.1, -0.05) is 19.1 Å². The predicted molar refractivity (Wildman–Crippen MR) is 85.6 cm³/mol. The number of benzene rings is 1. The van der Waals surface area contributed by atoms with Crippen LogP contribution in [0.25, 0.3) is 0 Å². The molecule has 1 aliphatic heterocycles. The van der Waals surface area contributed by atoms with Crippen molar-refractivity contribution in [3.63, 3.8) is 0 Å². The van der Waals surface area contributed by atoms with Gasteiger partial charge < -0.3 is 15.3 Å². The summed E-state index contributed by atoms with van der Waals surface area (Å²) in [6.07, 6.45) is 3.96. The predicted octanol–water partition coefficient (Wildman–Crippen LogP) is 2.74. The Bertz CT molecular complexity index is 460. The molecule has 1 fully saturated rings. The molecule has 1 amide bonds. The van der Waals surface area contributed by atoms with Crippen molar-refractivity contribution in [2.24, 2.45) is 5.92 Å². The highest BCUT2D eigenvalue weighted by molar-refractivity contribution is 5.99. The number of aliphatic hydroxyl groups is 1. The van der Waals surface area contributed by atoms with E-state index in [4.69, 9.17) is 5.11 Å². The zero-order chi connectivity index (χ0) is 15.1. The van der Waals surface area contributed by atoms with E-state index < -0.39 is 0 Å². The zero-order valence-electron chi connectivity index (χ0n) is 12.8. The van der Waals surface area contributed by atoms with Crippen LogP contribution in [-0.2, 0) is 0 Å². The summed E-state index contributed by atoms with van der Waals surface area (Å²) >= 11 is 0. The van der Waals surface area contributed by atoms with Crippen LogP contribution in [0.2, 0.25) is 0 Å². The fraction of sp³-hybridized carbons (Fsp3) is 0.588. The van der Waals surface area contributed by atoms with E-state index in [-0.39, 0.29) is 12.5 Å². The SMILES string of the molecule is CCCNc1ccccc1C(=O)N1CCCC(CCO)C1. The fourth-order valence-corrected chi connectivity index (χ4v) is 2.92. The quantitative estimate of drug-likeness (QED) is 0.847. The van der Waals surface area contributed by atoms with Crippen LogP contribution in [0.5, 0.6) is 0 Å². The zero-order valence-corrected chi connectivity index (χ0v) is 12.8. The molecule has 2 rings (SSSR count). The van der Waals surface area contributed by atoms with E-state index in [0.717, 1.165) is 56.6 Å². The molecule has 21 heavy (non-hydrogen) atoms. The van der Waals surface area contributed by atoms with Crippen molar-refractivity contribution < 1.29 is 9.90 Å². The molecule has 0 aliphatic carbocycles. The molecular weight excluding hydrogens is 264 g/mol. The molecule has 1 heterocycles. The van der Waals surface area contributed by atoms with E-state index in [2.05, 4.69) is 12.2 Å². The van der Waals surface area contributed by atoms with E-state index in [1.807, 2.05) is 29.2 Å². The maximum Gasteiger partial charge on any atom is 0.255 e. The van der Waals surface area contributed by atoms with E-state index >= 15 is 0 Å². The van der Waals surface area contributed by atoms with Gasteiger partial charge in [-0.25, -0.2) is 0 Å². The summed E-state index contributed by atoms with van der Waals surface area (Å²) in [6.45, 7) is 4.78. The van der Waals surface area contributed by atoms with Crippen LogP contribution in [0.4, 0.5) is 5.69 Å². The van der Waals surface area contributed by atoms with Crippen LogP contribution in [-0.4, -0.2) is 42.2 Å². The second-order valence-electron chi connectivity index (χ2n) is 5.74. The third-order valence-electron chi connectivity index (χ3n) is 4.07. The monoisotopic (exact) mass is 290 g/mol. The second kappa shape index (κ2) is 8.03. The molecule has 116 valence electrons. The highest BCUT2D eigenvalue weighted by Gasteiger charge is 2.25. The lowest BCUT2D eigenvalue weighted by atomic mass is 9.94. The van der Waals surface area contributed by atoms with E-state index in [9.17, 15) is 4.79 Å². The van der Waals surface area contributed by atoms with Crippen molar-refractivity contribution in [2.45, 2.75) is 32.6 Å². The van der Waals surface area contributed by atoms with Crippen molar-refractivity contribution in [2.75, 3.05) is 31.6 Å². The van der Waals surface area contributed by atoms with Gasteiger partial charge in [-0.15, -0.1) is 0 Å². The number of nitrogens with zero attached hydrogens (tertiary/aromatic N) is 1. The highest BCUT2D eigenvalue weighted by Crippen LogP contribution is 2.23. The molecule has 4 heteroatoms. The van der Waals surface area contributed by atoms with Gasteiger partial charge >= 0.3 is 0 Å². The highest BCUT2D eigenvalue weighted by atomic mass is 16.3. The lowest BCUT2D eigenvalue weighted by Gasteiger charge is -2.33. The van der Waals surface area contributed by atoms with Gasteiger partial charge in [0.2, 0.25) is 0 Å². The van der Waals surface area contributed by atoms with Gasteiger partial charge in [0.25, 0.3) is 5.91 Å². The van der Waals surface area contributed by atoms with Crippen molar-refractivity contribution in [1.82, 2.24) is 4.90 Å². The van der Waals surface area contributed by atoms with Crippen LogP contribution in [0, 0.1) is 5.92 Å².